The summed E-state index contributed by atoms with van der Waals surface area (Å²) in [6.07, 6.45) is 2.75. The number of nitrogens with zero attached hydrogens (tertiary/aromatic N) is 1. The molecule has 162 valence electrons. The molecule has 2 aromatic carbocycles. The minimum atomic E-state index is -0.629. The van der Waals surface area contributed by atoms with Gasteiger partial charge in [0.05, 0.1) is 19.0 Å². The molecule has 1 aliphatic rings. The van der Waals surface area contributed by atoms with Crippen LogP contribution in [0.3, 0.4) is 0 Å². The van der Waals surface area contributed by atoms with E-state index in [9.17, 15) is 14.4 Å². The van der Waals surface area contributed by atoms with Crippen LogP contribution >= 0.6 is 0 Å². The zero-order valence-corrected chi connectivity index (χ0v) is 16.6. The summed E-state index contributed by atoms with van der Waals surface area (Å²) in [5, 5.41) is 6.33. The Morgan fingerprint density at radius 1 is 1.03 bits per heavy atom. The first-order valence-corrected chi connectivity index (χ1v) is 9.44. The van der Waals surface area contributed by atoms with Crippen LogP contribution in [0.4, 0.5) is 0 Å². The number of hydrogen-bond donors (Lipinski definition) is 2. The van der Waals surface area contributed by atoms with E-state index in [4.69, 9.17) is 18.6 Å². The van der Waals surface area contributed by atoms with E-state index in [1.165, 1.54) is 18.5 Å². The van der Waals surface area contributed by atoms with Gasteiger partial charge in [-0.15, -0.1) is 0 Å². The Morgan fingerprint density at radius 2 is 1.91 bits per heavy atom. The van der Waals surface area contributed by atoms with Gasteiger partial charge in [0.15, 0.2) is 11.5 Å². The van der Waals surface area contributed by atoms with Crippen molar-refractivity contribution in [3.8, 4) is 17.2 Å². The largest absolute Gasteiger partial charge is 0.457 e. The van der Waals surface area contributed by atoms with Crippen molar-refractivity contribution < 1.29 is 33.0 Å². The lowest BCUT2D eigenvalue weighted by molar-refractivity contribution is -0.120. The number of ether oxygens (including phenoxy) is 3. The standard InChI is InChI=1S/C22H17N3O7/c26-20(12-23-21(27)15-6-7-17-19(10-15)31-13-30-17)25-24-11-14-3-1-4-16(9-14)32-22(28)18-5-2-8-29-18/h1-11H,12-13H2,(H,23,27)(H,25,26). The average molecular weight is 435 g/mol. The molecular weight excluding hydrogens is 418 g/mol. The molecule has 2 N–H and O–H groups in total. The lowest BCUT2D eigenvalue weighted by atomic mass is 10.2. The Kier molecular flexibility index (Phi) is 6.12. The molecule has 1 aromatic heterocycles. The highest BCUT2D eigenvalue weighted by atomic mass is 16.7. The van der Waals surface area contributed by atoms with Gasteiger partial charge >= 0.3 is 5.97 Å². The predicted octanol–water partition coefficient (Wildman–Crippen LogP) is 2.11. The van der Waals surface area contributed by atoms with E-state index >= 15 is 0 Å². The van der Waals surface area contributed by atoms with Gasteiger partial charge in [-0.25, -0.2) is 10.2 Å². The summed E-state index contributed by atoms with van der Waals surface area (Å²) in [4.78, 5) is 36.0. The summed E-state index contributed by atoms with van der Waals surface area (Å²) in [6.45, 7) is -0.165. The number of hydrogen-bond acceptors (Lipinski definition) is 8. The molecule has 1 aliphatic heterocycles. The van der Waals surface area contributed by atoms with Crippen molar-refractivity contribution in [2.45, 2.75) is 0 Å². The molecule has 0 saturated heterocycles. The highest BCUT2D eigenvalue weighted by Crippen LogP contribution is 2.32. The molecular formula is C22H17N3O7. The quantitative estimate of drug-likeness (QED) is 0.252. The summed E-state index contributed by atoms with van der Waals surface area (Å²) >= 11 is 0. The van der Waals surface area contributed by atoms with E-state index in [1.54, 1.807) is 48.5 Å². The van der Waals surface area contributed by atoms with Crippen LogP contribution in [0.1, 0.15) is 26.5 Å². The maximum absolute atomic E-state index is 12.2. The molecule has 3 aromatic rings. The van der Waals surface area contributed by atoms with Gasteiger partial charge in [0.2, 0.25) is 12.6 Å². The number of esters is 1. The van der Waals surface area contributed by atoms with Crippen LogP contribution < -0.4 is 25.0 Å². The van der Waals surface area contributed by atoms with Crippen molar-refractivity contribution in [3.63, 3.8) is 0 Å². The smallest absolute Gasteiger partial charge is 0.379 e. The first kappa shape index (κ1) is 20.7. The van der Waals surface area contributed by atoms with Crippen LogP contribution in [0, 0.1) is 0 Å². The fraction of sp³-hybridized carbons (Fsp3) is 0.0909. The molecule has 0 saturated carbocycles. The molecule has 0 radical (unpaired) electrons. The van der Waals surface area contributed by atoms with E-state index in [0.29, 0.717) is 22.6 Å². The summed E-state index contributed by atoms with van der Waals surface area (Å²) in [5.74, 6) is -0.172. The fourth-order valence-corrected chi connectivity index (χ4v) is 2.73. The molecule has 2 heterocycles. The molecule has 4 rings (SSSR count). The Bertz CT molecular complexity index is 1170. The van der Waals surface area contributed by atoms with Gasteiger partial charge in [-0.05, 0) is 48.0 Å². The normalized spacial score (nSPS) is 11.9. The second-order valence-corrected chi connectivity index (χ2v) is 6.48. The van der Waals surface area contributed by atoms with Crippen molar-refractivity contribution in [3.05, 3.63) is 77.7 Å². The topological polar surface area (TPSA) is 128 Å². The average Bonchev–Trinajstić information content (AvgIpc) is 3.49. The minimum absolute atomic E-state index is 0.0825. The van der Waals surface area contributed by atoms with Crippen LogP contribution in [0.2, 0.25) is 0 Å². The minimum Gasteiger partial charge on any atom is -0.457 e. The molecule has 0 unspecified atom stereocenters. The summed E-state index contributed by atoms with van der Waals surface area (Å²) in [5.41, 5.74) is 3.23. The summed E-state index contributed by atoms with van der Waals surface area (Å²) in [6, 6.07) is 14.4. The Hall–Kier alpha value is -4.60. The Morgan fingerprint density at radius 3 is 2.75 bits per heavy atom. The number of carbonyl (C=O) groups excluding carboxylic acids is 3. The van der Waals surface area contributed by atoms with Crippen molar-refractivity contribution in [1.82, 2.24) is 10.7 Å². The molecule has 2 amide bonds. The van der Waals surface area contributed by atoms with Gasteiger partial charge in [0.1, 0.15) is 5.75 Å². The van der Waals surface area contributed by atoms with Crippen molar-refractivity contribution in [2.24, 2.45) is 5.10 Å². The van der Waals surface area contributed by atoms with Gasteiger partial charge in [0.25, 0.3) is 11.8 Å². The fourth-order valence-electron chi connectivity index (χ4n) is 2.73. The first-order valence-electron chi connectivity index (χ1n) is 9.44. The number of benzene rings is 2. The van der Waals surface area contributed by atoms with Crippen LogP contribution in [0.15, 0.2) is 70.4 Å². The van der Waals surface area contributed by atoms with E-state index in [0.717, 1.165) is 0 Å². The number of amides is 2. The SMILES string of the molecule is O=C(CNC(=O)c1ccc2c(c1)OCO2)NN=Cc1cccc(OC(=O)c2ccco2)c1. The van der Waals surface area contributed by atoms with Gasteiger partial charge in [-0.3, -0.25) is 9.59 Å². The number of nitrogens with one attached hydrogen (secondary N) is 2. The zero-order valence-electron chi connectivity index (χ0n) is 16.6. The third kappa shape index (κ3) is 5.11. The Labute approximate surface area is 181 Å². The highest BCUT2D eigenvalue weighted by molar-refractivity contribution is 5.97. The van der Waals surface area contributed by atoms with E-state index in [1.807, 2.05) is 0 Å². The molecule has 10 nitrogen and oxygen atoms in total. The van der Waals surface area contributed by atoms with Crippen molar-refractivity contribution in [2.75, 3.05) is 13.3 Å². The van der Waals surface area contributed by atoms with Crippen LogP contribution in [0.5, 0.6) is 17.2 Å². The summed E-state index contributed by atoms with van der Waals surface area (Å²) < 4.78 is 20.6. The maximum atomic E-state index is 12.2. The summed E-state index contributed by atoms with van der Waals surface area (Å²) in [7, 11) is 0. The van der Waals surface area contributed by atoms with E-state index < -0.39 is 17.8 Å². The molecule has 0 bridgehead atoms. The monoisotopic (exact) mass is 435 g/mol. The van der Waals surface area contributed by atoms with Gasteiger partial charge < -0.3 is 23.9 Å². The number of carbonyl (C=O) groups is 3. The van der Waals surface area contributed by atoms with Gasteiger partial charge in [0, 0.05) is 5.56 Å². The third-order valence-corrected chi connectivity index (χ3v) is 4.24. The number of hydrazone groups is 1. The molecule has 10 heteroatoms. The molecule has 0 atom stereocenters. The second kappa shape index (κ2) is 9.47. The zero-order chi connectivity index (χ0) is 22.3. The lowest BCUT2D eigenvalue weighted by Crippen LogP contribution is -2.34. The molecule has 32 heavy (non-hydrogen) atoms. The number of fused-ring (bicyclic) bond motifs is 1. The van der Waals surface area contributed by atoms with E-state index in [-0.39, 0.29) is 24.8 Å². The molecule has 0 fully saturated rings. The first-order chi connectivity index (χ1) is 15.6. The highest BCUT2D eigenvalue weighted by Gasteiger charge is 2.16. The molecule has 0 spiro atoms. The van der Waals surface area contributed by atoms with Crippen molar-refractivity contribution >= 4 is 24.0 Å². The predicted molar refractivity (Wildman–Crippen MR) is 111 cm³/mol. The molecule has 0 aliphatic carbocycles. The number of rotatable bonds is 7. The maximum Gasteiger partial charge on any atom is 0.379 e. The van der Waals surface area contributed by atoms with Crippen LogP contribution in [-0.2, 0) is 4.79 Å². The van der Waals surface area contributed by atoms with Crippen molar-refractivity contribution in [1.29, 1.82) is 0 Å². The van der Waals surface area contributed by atoms with E-state index in [2.05, 4.69) is 15.8 Å². The number of furan rings is 1. The Balaban J connectivity index is 1.25. The lowest BCUT2D eigenvalue weighted by Gasteiger charge is -2.05. The second-order valence-electron chi connectivity index (χ2n) is 6.48. The van der Waals surface area contributed by atoms with Crippen LogP contribution in [0.25, 0.3) is 0 Å². The van der Waals surface area contributed by atoms with Gasteiger partial charge in [-0.1, -0.05) is 12.1 Å². The van der Waals surface area contributed by atoms with Crippen LogP contribution in [-0.4, -0.2) is 37.3 Å². The third-order valence-electron chi connectivity index (χ3n) is 4.24. The van der Waals surface area contributed by atoms with Gasteiger partial charge in [-0.2, -0.15) is 5.10 Å².